The summed E-state index contributed by atoms with van der Waals surface area (Å²) in [5.74, 6) is 0. The Balaban J connectivity index is 2.33. The van der Waals surface area contributed by atoms with Crippen LogP contribution in [0, 0.1) is 6.92 Å². The van der Waals surface area contributed by atoms with Gasteiger partial charge in [0.05, 0.1) is 24.8 Å². The summed E-state index contributed by atoms with van der Waals surface area (Å²) in [5, 5.41) is 0.267. The molecule has 13 nitrogen and oxygen atoms in total. The van der Waals surface area contributed by atoms with Crippen LogP contribution in [0.2, 0.25) is 36.3 Å². The summed E-state index contributed by atoms with van der Waals surface area (Å²) in [6.07, 6.45) is -3.75. The Hall–Kier alpha value is -2.09. The number of carbonyl (C=O) groups is 1. The molecule has 1 spiro atoms. The molecule has 1 saturated heterocycles. The van der Waals surface area contributed by atoms with Crippen LogP contribution in [-0.4, -0.2) is 71.8 Å². The topological polar surface area (TPSA) is 167 Å². The minimum absolute atomic E-state index is 0.0353. The van der Waals surface area contributed by atoms with Crippen molar-refractivity contribution in [1.29, 1.82) is 0 Å². The van der Waals surface area contributed by atoms with Crippen molar-refractivity contribution in [1.82, 2.24) is 9.13 Å². The van der Waals surface area contributed by atoms with Gasteiger partial charge >= 0.3 is 11.8 Å². The van der Waals surface area contributed by atoms with Gasteiger partial charge in [0.2, 0.25) is 0 Å². The molecule has 238 valence electrons. The van der Waals surface area contributed by atoms with E-state index < -0.39 is 68.1 Å². The fraction of sp³-hybridized carbons (Fsp3) is 0.731. The van der Waals surface area contributed by atoms with Crippen molar-refractivity contribution >= 4 is 32.8 Å². The van der Waals surface area contributed by atoms with E-state index in [-0.39, 0.29) is 27.9 Å². The van der Waals surface area contributed by atoms with E-state index in [0.717, 1.165) is 17.1 Å². The van der Waals surface area contributed by atoms with E-state index in [2.05, 4.69) is 25.5 Å². The second kappa shape index (κ2) is 10.8. The van der Waals surface area contributed by atoms with E-state index in [0.29, 0.717) is 4.57 Å². The van der Waals surface area contributed by atoms with Crippen LogP contribution >= 0.6 is 0 Å². The molecule has 2 N–H and O–H groups in total. The molecule has 0 aliphatic carbocycles. The number of carbonyl (C=O) groups excluding carboxylic acids is 1. The van der Waals surface area contributed by atoms with Gasteiger partial charge in [0.1, 0.15) is 12.2 Å². The number of nitrogens with zero attached hydrogens (tertiary/aromatic N) is 2. The molecule has 0 radical (unpaired) electrons. The summed E-state index contributed by atoms with van der Waals surface area (Å²) >= 11 is 0. The largest absolute Gasteiger partial charge is 0.452 e. The average Bonchev–Trinajstić information content (AvgIpc) is 3.24. The van der Waals surface area contributed by atoms with Crippen LogP contribution in [0.5, 0.6) is 0 Å². The van der Waals surface area contributed by atoms with Gasteiger partial charge in [-0.15, -0.1) is 0 Å². The highest BCUT2D eigenvalue weighted by atomic mass is 32.2. The van der Waals surface area contributed by atoms with Crippen LogP contribution < -0.4 is 17.0 Å². The Labute approximate surface area is 249 Å². The lowest BCUT2D eigenvalue weighted by molar-refractivity contribution is -0.0566. The molecule has 42 heavy (non-hydrogen) atoms. The molecule has 2 aliphatic heterocycles. The summed E-state index contributed by atoms with van der Waals surface area (Å²) in [6.45, 7) is 21.4. The fourth-order valence-electron chi connectivity index (χ4n) is 4.35. The first-order valence-corrected chi connectivity index (χ1v) is 21.0. The van der Waals surface area contributed by atoms with E-state index in [9.17, 15) is 22.8 Å². The van der Waals surface area contributed by atoms with Gasteiger partial charge in [-0.1, -0.05) is 41.5 Å². The van der Waals surface area contributed by atoms with Crippen LogP contribution in [0.3, 0.4) is 0 Å². The first-order valence-electron chi connectivity index (χ1n) is 13.7. The van der Waals surface area contributed by atoms with Crippen LogP contribution in [0.4, 0.5) is 4.79 Å². The van der Waals surface area contributed by atoms with Crippen molar-refractivity contribution in [3.63, 3.8) is 0 Å². The standard InChI is InChI=1S/C26H45N3O10SSi2/c1-16-13-28(22(31)29(20(16)30)23(32)35-8)21-19(38-42(11,12)25(5,6)7)26(17(27)15-40(33,34)39-26)18(37-21)14-36-41(9,10)24(2,3)4/h13,15,18-19,21H,14,27H2,1-12H3/t18-,19+,21-,26-/m1/s1. The van der Waals surface area contributed by atoms with Gasteiger partial charge in [0.15, 0.2) is 28.5 Å². The van der Waals surface area contributed by atoms with Crippen LogP contribution in [0.15, 0.2) is 26.9 Å². The normalized spacial score (nSPS) is 26.5. The third-order valence-corrected chi connectivity index (χ3v) is 19.0. The highest BCUT2D eigenvalue weighted by Crippen LogP contribution is 2.52. The van der Waals surface area contributed by atoms with E-state index >= 15 is 0 Å². The number of nitrogens with two attached hydrogens (primary N) is 1. The van der Waals surface area contributed by atoms with Crippen molar-refractivity contribution in [3.05, 3.63) is 43.7 Å². The molecule has 2 aliphatic rings. The monoisotopic (exact) mass is 647 g/mol. The Morgan fingerprint density at radius 3 is 2.07 bits per heavy atom. The lowest BCUT2D eigenvalue weighted by atomic mass is 9.89. The summed E-state index contributed by atoms with van der Waals surface area (Å²) in [4.78, 5) is 39.0. The van der Waals surface area contributed by atoms with Crippen molar-refractivity contribution in [2.45, 2.75) is 109 Å². The van der Waals surface area contributed by atoms with Crippen LogP contribution in [-0.2, 0) is 32.6 Å². The first kappa shape index (κ1) is 34.4. The molecule has 0 unspecified atom stereocenters. The van der Waals surface area contributed by atoms with Gasteiger partial charge in [-0.05, 0) is 43.2 Å². The van der Waals surface area contributed by atoms with Gasteiger partial charge in [-0.2, -0.15) is 13.0 Å². The minimum atomic E-state index is -4.28. The van der Waals surface area contributed by atoms with Crippen LogP contribution in [0.25, 0.3) is 0 Å². The molecule has 0 aromatic carbocycles. The molecule has 3 heterocycles. The van der Waals surface area contributed by atoms with Crippen molar-refractivity contribution < 1.29 is 35.7 Å². The van der Waals surface area contributed by atoms with Gasteiger partial charge < -0.3 is 24.1 Å². The number of aryl methyl sites for hydroxylation is 1. The number of hydrogen-bond acceptors (Lipinski definition) is 11. The van der Waals surface area contributed by atoms with E-state index in [1.807, 2.05) is 47.0 Å². The second-order valence-corrected chi connectivity index (χ2v) is 24.9. The quantitative estimate of drug-likeness (QED) is 0.356. The Kier molecular flexibility index (Phi) is 8.86. The molecular weight excluding hydrogens is 603 g/mol. The lowest BCUT2D eigenvalue weighted by Crippen LogP contribution is -2.59. The molecule has 0 saturated carbocycles. The average molecular weight is 648 g/mol. The predicted octanol–water partition coefficient (Wildman–Crippen LogP) is 3.14. The number of methoxy groups -OCH3 is 1. The molecule has 3 rings (SSSR count). The summed E-state index contributed by atoms with van der Waals surface area (Å²) < 4.78 is 57.4. The Bertz CT molecular complexity index is 1500. The first-order chi connectivity index (χ1) is 18.8. The van der Waals surface area contributed by atoms with Gasteiger partial charge in [-0.25, -0.2) is 13.8 Å². The fourth-order valence-corrected chi connectivity index (χ4v) is 7.85. The maximum absolute atomic E-state index is 13.7. The van der Waals surface area contributed by atoms with E-state index in [1.54, 1.807) is 0 Å². The van der Waals surface area contributed by atoms with E-state index in [4.69, 9.17) is 23.5 Å². The molecule has 1 fully saturated rings. The summed E-state index contributed by atoms with van der Waals surface area (Å²) in [7, 11) is -8.40. The molecule has 16 heteroatoms. The highest BCUT2D eigenvalue weighted by Gasteiger charge is 2.67. The molecule has 1 aromatic rings. The van der Waals surface area contributed by atoms with E-state index in [1.165, 1.54) is 13.1 Å². The highest BCUT2D eigenvalue weighted by molar-refractivity contribution is 7.90. The molecule has 1 aromatic heterocycles. The molecule has 0 amide bonds. The van der Waals surface area contributed by atoms with Crippen molar-refractivity contribution in [2.24, 2.45) is 5.73 Å². The summed E-state index contributed by atoms with van der Waals surface area (Å²) in [6, 6.07) is 0. The minimum Gasteiger partial charge on any atom is -0.452 e. The molecule has 0 bridgehead atoms. The third kappa shape index (κ3) is 5.86. The number of hydrogen-bond donors (Lipinski definition) is 1. The number of rotatable bonds is 6. The predicted molar refractivity (Wildman–Crippen MR) is 162 cm³/mol. The maximum Gasteiger partial charge on any atom is 0.425 e. The summed E-state index contributed by atoms with van der Waals surface area (Å²) in [5.41, 5.74) is 2.51. The lowest BCUT2D eigenvalue weighted by Gasteiger charge is -2.43. The second-order valence-electron chi connectivity index (χ2n) is 13.9. The zero-order valence-corrected chi connectivity index (χ0v) is 29.4. The van der Waals surface area contributed by atoms with Crippen molar-refractivity contribution in [2.75, 3.05) is 13.7 Å². The zero-order valence-electron chi connectivity index (χ0n) is 26.6. The Morgan fingerprint density at radius 1 is 1.07 bits per heavy atom. The van der Waals surface area contributed by atoms with Gasteiger partial charge in [0.25, 0.3) is 15.7 Å². The Morgan fingerprint density at radius 2 is 1.62 bits per heavy atom. The smallest absolute Gasteiger partial charge is 0.425 e. The number of aromatic nitrogens is 2. The molecular formula is C26H45N3O10SSi2. The van der Waals surface area contributed by atoms with Crippen LogP contribution in [0.1, 0.15) is 53.3 Å². The SMILES string of the molecule is COC(=O)n1c(=O)c(C)cn([C@@H]2O[C@H](CO[Si](C)(C)C(C)(C)C)[C@@]3(OS(=O)(=O)C=C3N)[C@H]2O[Si](C)(C)C(C)(C)C)c1=O. The van der Waals surface area contributed by atoms with Crippen molar-refractivity contribution in [3.8, 4) is 0 Å². The zero-order chi connectivity index (χ0) is 32.4. The van der Waals surface area contributed by atoms with Gasteiger partial charge in [0, 0.05) is 11.8 Å². The molecule has 4 atom stereocenters. The third-order valence-electron chi connectivity index (χ3n) is 8.99. The maximum atomic E-state index is 13.7. The van der Waals surface area contributed by atoms with Gasteiger partial charge in [-0.3, -0.25) is 9.36 Å². The number of ether oxygens (including phenoxy) is 2.